The van der Waals surface area contributed by atoms with Crippen LogP contribution in [0.15, 0.2) is 40.9 Å². The van der Waals surface area contributed by atoms with Gasteiger partial charge < -0.3 is 10.7 Å². The third-order valence-electron chi connectivity index (χ3n) is 5.23. The van der Waals surface area contributed by atoms with E-state index >= 15 is 0 Å². The summed E-state index contributed by atoms with van der Waals surface area (Å²) in [5.41, 5.74) is 11.5. The highest BCUT2D eigenvalue weighted by molar-refractivity contribution is 9.10. The number of carbonyl (C=O) groups is 1. The van der Waals surface area contributed by atoms with Gasteiger partial charge in [-0.2, -0.15) is 0 Å². The van der Waals surface area contributed by atoms with Gasteiger partial charge in [0.05, 0.1) is 28.8 Å². The standard InChI is InChI=1S/C19H17BrN4O/c20-12-5-7-14-15(9-12)23-18(22-14)16-8-11-3-1-2-10-4-6-13(21)19(25)24(16)17(10)11/h1-3,5,7,9,13,16H,4,6,8,21H2,(H,22,23)/t13-,16-/m0/s1. The second-order valence-corrected chi connectivity index (χ2v) is 7.70. The smallest absolute Gasteiger partial charge is 0.244 e. The summed E-state index contributed by atoms with van der Waals surface area (Å²) in [7, 11) is 0. The number of aromatic amines is 1. The minimum atomic E-state index is -0.459. The number of halogens is 1. The van der Waals surface area contributed by atoms with Crippen molar-refractivity contribution in [3.8, 4) is 0 Å². The molecule has 2 aliphatic heterocycles. The molecule has 126 valence electrons. The van der Waals surface area contributed by atoms with Crippen LogP contribution >= 0.6 is 15.9 Å². The zero-order valence-electron chi connectivity index (χ0n) is 13.5. The number of nitrogens with one attached hydrogen (secondary N) is 1. The summed E-state index contributed by atoms with van der Waals surface area (Å²) >= 11 is 3.49. The van der Waals surface area contributed by atoms with Crippen molar-refractivity contribution in [1.29, 1.82) is 0 Å². The number of carbonyl (C=O) groups excluding carboxylic acids is 1. The van der Waals surface area contributed by atoms with Gasteiger partial charge in [0.15, 0.2) is 0 Å². The molecule has 0 saturated carbocycles. The molecule has 25 heavy (non-hydrogen) atoms. The molecule has 2 aromatic carbocycles. The average Bonchev–Trinajstić information content (AvgIpc) is 3.16. The van der Waals surface area contributed by atoms with Gasteiger partial charge in [-0.3, -0.25) is 9.69 Å². The van der Waals surface area contributed by atoms with Gasteiger partial charge in [-0.05, 0) is 42.2 Å². The largest absolute Gasteiger partial charge is 0.340 e. The molecule has 0 fully saturated rings. The normalized spacial score (nSPS) is 22.3. The van der Waals surface area contributed by atoms with Crippen LogP contribution < -0.4 is 10.6 Å². The molecule has 0 spiro atoms. The number of amides is 1. The number of imidazole rings is 1. The predicted octanol–water partition coefficient (Wildman–Crippen LogP) is 3.23. The lowest BCUT2D eigenvalue weighted by Gasteiger charge is -2.25. The lowest BCUT2D eigenvalue weighted by molar-refractivity contribution is -0.120. The van der Waals surface area contributed by atoms with Gasteiger partial charge in [-0.15, -0.1) is 0 Å². The molecule has 0 unspecified atom stereocenters. The van der Waals surface area contributed by atoms with Crippen molar-refractivity contribution in [1.82, 2.24) is 9.97 Å². The average molecular weight is 397 g/mol. The highest BCUT2D eigenvalue weighted by atomic mass is 79.9. The fraction of sp³-hybridized carbons (Fsp3) is 0.263. The molecule has 0 radical (unpaired) electrons. The topological polar surface area (TPSA) is 75.0 Å². The summed E-state index contributed by atoms with van der Waals surface area (Å²) in [6, 6.07) is 11.7. The molecule has 2 aliphatic rings. The van der Waals surface area contributed by atoms with Gasteiger partial charge in [0.2, 0.25) is 5.91 Å². The Morgan fingerprint density at radius 3 is 2.96 bits per heavy atom. The Balaban J connectivity index is 1.66. The summed E-state index contributed by atoms with van der Waals surface area (Å²) < 4.78 is 1.00. The maximum atomic E-state index is 13.0. The van der Waals surface area contributed by atoms with Crippen LogP contribution in [0.2, 0.25) is 0 Å². The molecule has 2 atom stereocenters. The predicted molar refractivity (Wildman–Crippen MR) is 100 cm³/mol. The zero-order chi connectivity index (χ0) is 17.1. The van der Waals surface area contributed by atoms with E-state index in [4.69, 9.17) is 10.7 Å². The van der Waals surface area contributed by atoms with Crippen molar-refractivity contribution >= 4 is 38.6 Å². The highest BCUT2D eigenvalue weighted by Crippen LogP contribution is 2.44. The second kappa shape index (κ2) is 5.41. The van der Waals surface area contributed by atoms with Gasteiger partial charge in [0.25, 0.3) is 0 Å². The molecule has 3 heterocycles. The molecule has 1 amide bonds. The summed E-state index contributed by atoms with van der Waals surface area (Å²) in [6.07, 6.45) is 2.29. The van der Waals surface area contributed by atoms with Gasteiger partial charge in [-0.25, -0.2) is 4.98 Å². The molecule has 6 heteroatoms. The number of nitrogens with zero attached hydrogens (tertiary/aromatic N) is 2. The first-order valence-electron chi connectivity index (χ1n) is 8.46. The van der Waals surface area contributed by atoms with Gasteiger partial charge in [0, 0.05) is 10.9 Å². The van der Waals surface area contributed by atoms with Crippen molar-refractivity contribution in [3.05, 3.63) is 57.8 Å². The van der Waals surface area contributed by atoms with Crippen molar-refractivity contribution in [2.24, 2.45) is 5.73 Å². The number of aromatic nitrogens is 2. The molecular weight excluding hydrogens is 380 g/mol. The van der Waals surface area contributed by atoms with Crippen molar-refractivity contribution in [3.63, 3.8) is 0 Å². The molecule has 5 nitrogen and oxygen atoms in total. The van der Waals surface area contributed by atoms with E-state index in [0.717, 1.165) is 39.9 Å². The number of fused-ring (bicyclic) bond motifs is 1. The molecular formula is C19H17BrN4O. The third-order valence-corrected chi connectivity index (χ3v) is 5.72. The van der Waals surface area contributed by atoms with E-state index in [9.17, 15) is 4.79 Å². The van der Waals surface area contributed by atoms with Crippen LogP contribution in [-0.2, 0) is 17.6 Å². The monoisotopic (exact) mass is 396 g/mol. The van der Waals surface area contributed by atoms with Crippen LogP contribution in [-0.4, -0.2) is 21.9 Å². The van der Waals surface area contributed by atoms with Crippen molar-refractivity contribution < 1.29 is 4.79 Å². The van der Waals surface area contributed by atoms with E-state index in [-0.39, 0.29) is 11.9 Å². The lowest BCUT2D eigenvalue weighted by Crippen LogP contribution is -2.43. The van der Waals surface area contributed by atoms with Gasteiger partial charge >= 0.3 is 0 Å². The fourth-order valence-corrected chi connectivity index (χ4v) is 4.39. The van der Waals surface area contributed by atoms with E-state index in [0.29, 0.717) is 6.42 Å². The SMILES string of the molecule is N[C@H]1CCc2cccc3c2N(C1=O)[C@H](c1nc2ccc(Br)cc2[nH]1)C3. The molecule has 0 bridgehead atoms. The lowest BCUT2D eigenvalue weighted by atomic mass is 10.0. The molecule has 3 N–H and O–H groups in total. The van der Waals surface area contributed by atoms with E-state index in [2.05, 4.69) is 39.1 Å². The van der Waals surface area contributed by atoms with Crippen LogP contribution in [0.25, 0.3) is 11.0 Å². The minimum Gasteiger partial charge on any atom is -0.340 e. The summed E-state index contributed by atoms with van der Waals surface area (Å²) in [5.74, 6) is 0.813. The first kappa shape index (κ1) is 15.1. The number of benzene rings is 2. The second-order valence-electron chi connectivity index (χ2n) is 6.78. The number of anilines is 1. The Bertz CT molecular complexity index is 1010. The molecule has 0 saturated heterocycles. The van der Waals surface area contributed by atoms with Crippen LogP contribution in [0.1, 0.15) is 29.4 Å². The van der Waals surface area contributed by atoms with Crippen LogP contribution in [0.5, 0.6) is 0 Å². The Hall–Kier alpha value is -2.18. The van der Waals surface area contributed by atoms with E-state index in [1.54, 1.807) is 0 Å². The summed E-state index contributed by atoms with van der Waals surface area (Å²) in [5, 5.41) is 0. The third kappa shape index (κ3) is 2.24. The van der Waals surface area contributed by atoms with Crippen LogP contribution in [0.3, 0.4) is 0 Å². The van der Waals surface area contributed by atoms with Crippen LogP contribution in [0.4, 0.5) is 5.69 Å². The number of rotatable bonds is 1. The van der Waals surface area contributed by atoms with Gasteiger partial charge in [0.1, 0.15) is 5.82 Å². The molecule has 0 aliphatic carbocycles. The number of aryl methyl sites for hydroxylation is 1. The maximum absolute atomic E-state index is 13.0. The fourth-order valence-electron chi connectivity index (χ4n) is 4.03. The Labute approximate surface area is 153 Å². The zero-order valence-corrected chi connectivity index (χ0v) is 15.1. The van der Waals surface area contributed by atoms with E-state index in [1.165, 1.54) is 11.1 Å². The Morgan fingerprint density at radius 1 is 1.24 bits per heavy atom. The highest BCUT2D eigenvalue weighted by Gasteiger charge is 2.41. The van der Waals surface area contributed by atoms with Gasteiger partial charge in [-0.1, -0.05) is 34.1 Å². The van der Waals surface area contributed by atoms with E-state index in [1.807, 2.05) is 23.1 Å². The number of hydrogen-bond acceptors (Lipinski definition) is 3. The molecule has 1 aromatic heterocycles. The Morgan fingerprint density at radius 2 is 2.08 bits per heavy atom. The molecule has 3 aromatic rings. The number of H-pyrrole nitrogens is 1. The van der Waals surface area contributed by atoms with Crippen molar-refractivity contribution in [2.75, 3.05) is 4.90 Å². The minimum absolute atomic E-state index is 0.00432. The first-order valence-corrected chi connectivity index (χ1v) is 9.26. The number of nitrogens with two attached hydrogens (primary N) is 1. The number of para-hydroxylation sites is 1. The quantitative estimate of drug-likeness (QED) is 0.662. The Kier molecular flexibility index (Phi) is 3.27. The maximum Gasteiger partial charge on any atom is 0.244 e. The van der Waals surface area contributed by atoms with Crippen molar-refractivity contribution in [2.45, 2.75) is 31.3 Å². The molecule has 5 rings (SSSR count). The number of hydrogen-bond donors (Lipinski definition) is 2. The first-order chi connectivity index (χ1) is 12.1. The van der Waals surface area contributed by atoms with Crippen LogP contribution in [0, 0.1) is 0 Å². The summed E-state index contributed by atoms with van der Waals surface area (Å²) in [4.78, 5) is 23.0. The van der Waals surface area contributed by atoms with E-state index < -0.39 is 6.04 Å². The summed E-state index contributed by atoms with van der Waals surface area (Å²) in [6.45, 7) is 0.